The number of nitrogen functional groups attached to an aromatic ring is 1. The quantitative estimate of drug-likeness (QED) is 0.133. The summed E-state index contributed by atoms with van der Waals surface area (Å²) in [7, 11) is 2.91. The Morgan fingerprint density at radius 1 is 1.00 bits per heavy atom. The number of carbonyl (C=O) groups excluding carboxylic acids is 3. The molecule has 0 spiro atoms. The van der Waals surface area contributed by atoms with Crippen molar-refractivity contribution in [1.29, 1.82) is 0 Å². The number of Topliss-reactive ketones (excluding diaryl/α,β-unsaturated/α-hetero) is 1. The molecule has 0 saturated carbocycles. The van der Waals surface area contributed by atoms with Crippen molar-refractivity contribution in [2.45, 2.75) is 32.0 Å². The topological polar surface area (TPSA) is 149 Å². The Labute approximate surface area is 232 Å². The first kappa shape index (κ1) is 29.7. The Balaban J connectivity index is 1.71. The molecular formula is C30H33N3O7. The van der Waals surface area contributed by atoms with Crippen LogP contribution in [0.3, 0.4) is 0 Å². The monoisotopic (exact) mass is 547 g/mol. The number of ether oxygens (including phenoxy) is 3. The minimum Gasteiger partial charge on any atom is -0.504 e. The number of methoxy groups -OCH3 is 2. The number of carbonyl (C=O) groups is 3. The van der Waals surface area contributed by atoms with Crippen LogP contribution >= 0.6 is 0 Å². The fourth-order valence-electron chi connectivity index (χ4n) is 3.92. The predicted molar refractivity (Wildman–Crippen MR) is 153 cm³/mol. The van der Waals surface area contributed by atoms with E-state index in [1.165, 1.54) is 33.3 Å². The Kier molecular flexibility index (Phi) is 10.7. The highest BCUT2D eigenvalue weighted by molar-refractivity contribution is 6.01. The summed E-state index contributed by atoms with van der Waals surface area (Å²) in [6, 6.07) is 18.0. The largest absolute Gasteiger partial charge is 0.504 e. The number of phenols is 1. The smallest absolute Gasteiger partial charge is 0.412 e. The molecule has 10 nitrogen and oxygen atoms in total. The molecule has 0 fully saturated rings. The van der Waals surface area contributed by atoms with E-state index in [1.54, 1.807) is 66.7 Å². The fourth-order valence-corrected chi connectivity index (χ4v) is 3.92. The van der Waals surface area contributed by atoms with Crippen LogP contribution in [0.5, 0.6) is 11.5 Å². The number of para-hydroxylation sites is 2. The number of allylic oxidation sites excluding steroid dienone is 1. The lowest BCUT2D eigenvalue weighted by Gasteiger charge is -2.26. The van der Waals surface area contributed by atoms with Gasteiger partial charge in [-0.2, -0.15) is 0 Å². The maximum atomic E-state index is 12.8. The lowest BCUT2D eigenvalue weighted by molar-refractivity contribution is -0.111. The molecule has 0 radical (unpaired) electrons. The van der Waals surface area contributed by atoms with E-state index in [0.29, 0.717) is 41.0 Å². The minimum atomic E-state index is -0.912. The van der Waals surface area contributed by atoms with Crippen LogP contribution < -0.4 is 21.1 Å². The molecule has 3 aromatic rings. The maximum Gasteiger partial charge on any atom is 0.412 e. The van der Waals surface area contributed by atoms with Gasteiger partial charge in [-0.15, -0.1) is 0 Å². The van der Waals surface area contributed by atoms with Crippen molar-refractivity contribution in [2.24, 2.45) is 0 Å². The van der Waals surface area contributed by atoms with Crippen molar-refractivity contribution in [1.82, 2.24) is 0 Å². The number of phenolic OH excluding ortho intramolecular Hbond substituents is 1. The van der Waals surface area contributed by atoms with Gasteiger partial charge in [0.2, 0.25) is 5.91 Å². The molecule has 3 aromatic carbocycles. The zero-order valence-electron chi connectivity index (χ0n) is 22.5. The second kappa shape index (κ2) is 14.4. The van der Waals surface area contributed by atoms with Gasteiger partial charge >= 0.3 is 6.09 Å². The predicted octanol–water partition coefficient (Wildman–Crippen LogP) is 5.47. The highest BCUT2D eigenvalue weighted by Gasteiger charge is 2.28. The molecule has 5 N–H and O–H groups in total. The van der Waals surface area contributed by atoms with E-state index in [2.05, 4.69) is 10.6 Å². The molecular weight excluding hydrogens is 514 g/mol. The van der Waals surface area contributed by atoms with E-state index in [9.17, 15) is 19.5 Å². The Hall–Kier alpha value is -4.83. The molecule has 0 aliphatic rings. The summed E-state index contributed by atoms with van der Waals surface area (Å²) >= 11 is 0. The SMILES string of the molecule is COc1ccc([C@@H](OC(=O)Nc2ccc(C(C)=O)cc2)[C@@H](CC/C=C/C(=O)Nc2ccccc2N)OC)cc1O. The van der Waals surface area contributed by atoms with Crippen LogP contribution in [0.4, 0.5) is 21.9 Å². The molecule has 0 aliphatic heterocycles. The zero-order chi connectivity index (χ0) is 29.1. The number of rotatable bonds is 12. The van der Waals surface area contributed by atoms with Gasteiger partial charge in [0.15, 0.2) is 23.4 Å². The standard InChI is InChI=1S/C30H33N3O7/c1-19(34)20-12-15-22(16-13-20)32-30(37)40-29(21-14-17-26(38-2)25(35)18-21)27(39-3)10-6-7-11-28(36)33-24-9-5-4-8-23(24)31/h4-5,7-9,11-18,27,29,35H,6,10,31H2,1-3H3,(H,32,37)(H,33,36)/b11-7+/t27-,29-/m1/s1. The minimum absolute atomic E-state index is 0.0906. The normalized spacial score (nSPS) is 12.4. The lowest BCUT2D eigenvalue weighted by Crippen LogP contribution is -2.28. The number of benzene rings is 3. The molecule has 2 atom stereocenters. The average molecular weight is 548 g/mol. The Morgan fingerprint density at radius 2 is 1.73 bits per heavy atom. The van der Waals surface area contributed by atoms with Gasteiger partial charge in [0.1, 0.15) is 0 Å². The van der Waals surface area contributed by atoms with E-state index in [4.69, 9.17) is 19.9 Å². The molecule has 0 bridgehead atoms. The molecule has 2 amide bonds. The highest BCUT2D eigenvalue weighted by atomic mass is 16.6. The van der Waals surface area contributed by atoms with Crippen LogP contribution in [0.15, 0.2) is 78.9 Å². The Bertz CT molecular complexity index is 1360. The summed E-state index contributed by atoms with van der Waals surface area (Å²) in [4.78, 5) is 36.6. The third kappa shape index (κ3) is 8.34. The Morgan fingerprint density at radius 3 is 2.35 bits per heavy atom. The van der Waals surface area contributed by atoms with Crippen molar-refractivity contribution < 1.29 is 33.7 Å². The van der Waals surface area contributed by atoms with Crippen LogP contribution in [0.1, 0.15) is 41.8 Å². The van der Waals surface area contributed by atoms with Crippen LogP contribution in [0.25, 0.3) is 0 Å². The molecule has 3 rings (SSSR count). The lowest BCUT2D eigenvalue weighted by atomic mass is 9.99. The third-order valence-corrected chi connectivity index (χ3v) is 6.05. The summed E-state index contributed by atoms with van der Waals surface area (Å²) in [5.74, 6) is -0.290. The molecule has 0 saturated heterocycles. The number of aromatic hydroxyl groups is 1. The van der Waals surface area contributed by atoms with Gasteiger partial charge in [0.05, 0.1) is 24.6 Å². The summed E-state index contributed by atoms with van der Waals surface area (Å²) < 4.78 is 16.6. The summed E-state index contributed by atoms with van der Waals surface area (Å²) in [6.07, 6.45) is 1.58. The van der Waals surface area contributed by atoms with Crippen molar-refractivity contribution in [3.8, 4) is 11.5 Å². The van der Waals surface area contributed by atoms with Gasteiger partial charge in [-0.25, -0.2) is 4.79 Å². The van der Waals surface area contributed by atoms with Gasteiger partial charge in [0.25, 0.3) is 0 Å². The van der Waals surface area contributed by atoms with E-state index in [0.717, 1.165) is 0 Å². The van der Waals surface area contributed by atoms with Gasteiger partial charge in [0, 0.05) is 18.4 Å². The van der Waals surface area contributed by atoms with Crippen molar-refractivity contribution >= 4 is 34.8 Å². The summed E-state index contributed by atoms with van der Waals surface area (Å²) in [5.41, 5.74) is 8.27. The van der Waals surface area contributed by atoms with Crippen molar-refractivity contribution in [3.05, 3.63) is 90.0 Å². The first-order chi connectivity index (χ1) is 19.2. The molecule has 0 unspecified atom stereocenters. The first-order valence-electron chi connectivity index (χ1n) is 12.5. The van der Waals surface area contributed by atoms with E-state index in [1.807, 2.05) is 0 Å². The van der Waals surface area contributed by atoms with Crippen molar-refractivity contribution in [3.63, 3.8) is 0 Å². The van der Waals surface area contributed by atoms with E-state index >= 15 is 0 Å². The molecule has 0 heterocycles. The highest BCUT2D eigenvalue weighted by Crippen LogP contribution is 2.34. The third-order valence-electron chi connectivity index (χ3n) is 6.05. The number of anilines is 3. The first-order valence-corrected chi connectivity index (χ1v) is 12.5. The number of hydrogen-bond donors (Lipinski definition) is 4. The van der Waals surface area contributed by atoms with Crippen LogP contribution in [-0.2, 0) is 14.3 Å². The number of nitrogens with one attached hydrogen (secondary N) is 2. The van der Waals surface area contributed by atoms with Gasteiger partial charge in [-0.1, -0.05) is 24.3 Å². The summed E-state index contributed by atoms with van der Waals surface area (Å²) in [6.45, 7) is 1.46. The van der Waals surface area contributed by atoms with E-state index < -0.39 is 18.3 Å². The maximum absolute atomic E-state index is 12.8. The number of nitrogens with two attached hydrogens (primary N) is 1. The fraction of sp³-hybridized carbons (Fsp3) is 0.233. The van der Waals surface area contributed by atoms with Gasteiger partial charge < -0.3 is 30.4 Å². The number of ketones is 1. The second-order valence-electron chi connectivity index (χ2n) is 8.85. The van der Waals surface area contributed by atoms with Crippen molar-refractivity contribution in [2.75, 3.05) is 30.6 Å². The molecule has 0 aromatic heterocycles. The van der Waals surface area contributed by atoms with Crippen LogP contribution in [0.2, 0.25) is 0 Å². The number of amides is 2. The molecule has 0 aliphatic carbocycles. The van der Waals surface area contributed by atoms with Crippen LogP contribution in [0, 0.1) is 0 Å². The molecule has 210 valence electrons. The van der Waals surface area contributed by atoms with Gasteiger partial charge in [-0.05, 0) is 79.9 Å². The second-order valence-corrected chi connectivity index (χ2v) is 8.85. The van der Waals surface area contributed by atoms with Crippen LogP contribution in [-0.4, -0.2) is 43.2 Å². The van der Waals surface area contributed by atoms with E-state index in [-0.39, 0.29) is 23.2 Å². The molecule has 40 heavy (non-hydrogen) atoms. The number of hydrogen-bond acceptors (Lipinski definition) is 8. The summed E-state index contributed by atoms with van der Waals surface area (Å²) in [5, 5.41) is 15.7. The zero-order valence-corrected chi connectivity index (χ0v) is 22.5. The average Bonchev–Trinajstić information content (AvgIpc) is 2.93. The van der Waals surface area contributed by atoms with Gasteiger partial charge in [-0.3, -0.25) is 14.9 Å². The molecule has 10 heteroatoms.